The molecule has 0 aliphatic rings. The lowest BCUT2D eigenvalue weighted by Crippen LogP contribution is -2.30. The van der Waals surface area contributed by atoms with Crippen molar-refractivity contribution in [3.63, 3.8) is 0 Å². The van der Waals surface area contributed by atoms with Crippen molar-refractivity contribution in [2.24, 2.45) is 5.41 Å². The number of halogens is 1. The molecule has 0 saturated heterocycles. The van der Waals surface area contributed by atoms with Gasteiger partial charge in [0, 0.05) is 6.07 Å². The van der Waals surface area contributed by atoms with Crippen LogP contribution >= 0.6 is 15.9 Å². The smallest absolute Gasteiger partial charge is 0.312 e. The Labute approximate surface area is 112 Å². The Morgan fingerprint density at radius 3 is 2.67 bits per heavy atom. The van der Waals surface area contributed by atoms with E-state index in [1.165, 1.54) is 26.0 Å². The summed E-state index contributed by atoms with van der Waals surface area (Å²) >= 11 is 3.14. The average Bonchev–Trinajstić information content (AvgIpc) is 2.26. The van der Waals surface area contributed by atoms with E-state index in [0.717, 1.165) is 0 Å². The summed E-state index contributed by atoms with van der Waals surface area (Å²) in [6, 6.07) is 4.40. The maximum atomic E-state index is 10.9. The fourth-order valence-corrected chi connectivity index (χ4v) is 1.57. The third-order valence-electron chi connectivity index (χ3n) is 2.30. The maximum absolute atomic E-state index is 10.9. The molecule has 0 aromatic heterocycles. The number of nitrogens with zero attached hydrogens (tertiary/aromatic N) is 1. The molecule has 6 nitrogen and oxygen atoms in total. The first-order valence-electron chi connectivity index (χ1n) is 5.05. The summed E-state index contributed by atoms with van der Waals surface area (Å²) in [6.07, 6.45) is 0. The van der Waals surface area contributed by atoms with Gasteiger partial charge in [-0.25, -0.2) is 0 Å². The van der Waals surface area contributed by atoms with Crippen molar-refractivity contribution in [1.29, 1.82) is 0 Å². The van der Waals surface area contributed by atoms with Gasteiger partial charge >= 0.3 is 11.7 Å². The highest BCUT2D eigenvalue weighted by Gasteiger charge is 2.30. The summed E-state index contributed by atoms with van der Waals surface area (Å²) in [5.74, 6) is -0.992. The number of carboxylic acid groups (broad SMARTS) is 1. The minimum atomic E-state index is -1.12. The molecule has 0 aliphatic heterocycles. The van der Waals surface area contributed by atoms with E-state index in [1.54, 1.807) is 6.07 Å². The van der Waals surface area contributed by atoms with Gasteiger partial charge in [0.05, 0.1) is 14.8 Å². The van der Waals surface area contributed by atoms with E-state index in [1.807, 2.05) is 0 Å². The van der Waals surface area contributed by atoms with Crippen LogP contribution in [-0.2, 0) is 4.79 Å². The quantitative estimate of drug-likeness (QED) is 0.666. The second kappa shape index (κ2) is 5.34. The summed E-state index contributed by atoms with van der Waals surface area (Å²) in [6.45, 7) is 2.81. The van der Waals surface area contributed by atoms with Crippen molar-refractivity contribution in [3.8, 4) is 5.75 Å². The van der Waals surface area contributed by atoms with Crippen LogP contribution in [-0.4, -0.2) is 22.6 Å². The lowest BCUT2D eigenvalue weighted by atomic mass is 9.95. The van der Waals surface area contributed by atoms with E-state index in [9.17, 15) is 14.9 Å². The van der Waals surface area contributed by atoms with Crippen LogP contribution in [0, 0.1) is 15.5 Å². The number of benzene rings is 1. The molecule has 0 bridgehead atoms. The first-order valence-corrected chi connectivity index (χ1v) is 5.84. The van der Waals surface area contributed by atoms with Gasteiger partial charge in [-0.2, -0.15) is 0 Å². The van der Waals surface area contributed by atoms with Crippen molar-refractivity contribution < 1.29 is 19.6 Å². The Morgan fingerprint density at radius 2 is 2.17 bits per heavy atom. The van der Waals surface area contributed by atoms with Crippen LogP contribution in [0.1, 0.15) is 13.8 Å². The summed E-state index contributed by atoms with van der Waals surface area (Å²) in [5.41, 5.74) is -1.33. The zero-order valence-corrected chi connectivity index (χ0v) is 11.4. The van der Waals surface area contributed by atoms with Crippen LogP contribution < -0.4 is 4.74 Å². The molecule has 0 heterocycles. The van der Waals surface area contributed by atoms with Crippen LogP contribution in [0.15, 0.2) is 22.7 Å². The lowest BCUT2D eigenvalue weighted by molar-refractivity contribution is -0.386. The number of hydrogen-bond acceptors (Lipinski definition) is 4. The number of para-hydroxylation sites is 1. The van der Waals surface area contributed by atoms with Crippen molar-refractivity contribution in [2.45, 2.75) is 13.8 Å². The molecule has 1 aromatic carbocycles. The number of nitro groups is 1. The largest absolute Gasteiger partial charge is 0.485 e. The first kappa shape index (κ1) is 14.4. The number of aliphatic carboxylic acids is 1. The number of carboxylic acids is 1. The average molecular weight is 318 g/mol. The number of hydrogen-bond donors (Lipinski definition) is 1. The van der Waals surface area contributed by atoms with Crippen molar-refractivity contribution >= 4 is 27.6 Å². The Kier molecular flexibility index (Phi) is 4.28. The molecule has 0 amide bonds. The number of nitro benzene ring substituents is 1. The molecular weight excluding hydrogens is 306 g/mol. The Balaban J connectivity index is 2.98. The third-order valence-corrected chi connectivity index (χ3v) is 2.92. The molecule has 1 rings (SSSR count). The lowest BCUT2D eigenvalue weighted by Gasteiger charge is -2.19. The summed E-state index contributed by atoms with van der Waals surface area (Å²) in [7, 11) is 0. The second-order valence-electron chi connectivity index (χ2n) is 4.32. The van der Waals surface area contributed by atoms with Crippen molar-refractivity contribution in [3.05, 3.63) is 32.8 Å². The van der Waals surface area contributed by atoms with Crippen LogP contribution in [0.5, 0.6) is 5.75 Å². The van der Waals surface area contributed by atoms with Crippen LogP contribution in [0.4, 0.5) is 5.69 Å². The highest BCUT2D eigenvalue weighted by atomic mass is 79.9. The topological polar surface area (TPSA) is 89.7 Å². The van der Waals surface area contributed by atoms with Gasteiger partial charge in [0.25, 0.3) is 0 Å². The fraction of sp³-hybridized carbons (Fsp3) is 0.364. The standard InChI is InChI=1S/C11H12BrNO5/c1-11(2,10(14)15)6-18-9-7(12)4-3-5-8(9)13(16)17/h3-5H,6H2,1-2H3,(H,14,15). The molecule has 18 heavy (non-hydrogen) atoms. The number of carbonyl (C=O) groups is 1. The first-order chi connectivity index (χ1) is 8.25. The van der Waals surface area contributed by atoms with Gasteiger partial charge in [-0.15, -0.1) is 0 Å². The highest BCUT2D eigenvalue weighted by molar-refractivity contribution is 9.10. The van der Waals surface area contributed by atoms with E-state index < -0.39 is 16.3 Å². The van der Waals surface area contributed by atoms with E-state index >= 15 is 0 Å². The predicted molar refractivity (Wildman–Crippen MR) is 67.7 cm³/mol. The summed E-state index contributed by atoms with van der Waals surface area (Å²) in [5, 5.41) is 19.8. The molecule has 7 heteroatoms. The Morgan fingerprint density at radius 1 is 1.56 bits per heavy atom. The van der Waals surface area contributed by atoms with E-state index in [0.29, 0.717) is 4.47 Å². The highest BCUT2D eigenvalue weighted by Crippen LogP contribution is 2.35. The molecular formula is C11H12BrNO5. The molecule has 98 valence electrons. The Bertz CT molecular complexity index is 486. The molecule has 0 aliphatic carbocycles. The number of rotatable bonds is 5. The van der Waals surface area contributed by atoms with E-state index in [2.05, 4.69) is 15.9 Å². The van der Waals surface area contributed by atoms with Gasteiger partial charge in [0.2, 0.25) is 5.75 Å². The second-order valence-corrected chi connectivity index (χ2v) is 5.18. The van der Waals surface area contributed by atoms with Gasteiger partial charge in [-0.05, 0) is 35.8 Å². The fourth-order valence-electron chi connectivity index (χ4n) is 1.10. The van der Waals surface area contributed by atoms with Crippen molar-refractivity contribution in [1.82, 2.24) is 0 Å². The number of ether oxygens (including phenoxy) is 1. The predicted octanol–water partition coefficient (Wildman–Crippen LogP) is 2.85. The monoisotopic (exact) mass is 317 g/mol. The van der Waals surface area contributed by atoms with Gasteiger partial charge in [-0.3, -0.25) is 14.9 Å². The van der Waals surface area contributed by atoms with Crippen molar-refractivity contribution in [2.75, 3.05) is 6.61 Å². The van der Waals surface area contributed by atoms with Gasteiger partial charge < -0.3 is 9.84 Å². The molecule has 0 atom stereocenters. The van der Waals surface area contributed by atoms with Crippen LogP contribution in [0.3, 0.4) is 0 Å². The van der Waals surface area contributed by atoms with Gasteiger partial charge in [-0.1, -0.05) is 6.07 Å². The van der Waals surface area contributed by atoms with E-state index in [4.69, 9.17) is 9.84 Å². The molecule has 0 fully saturated rings. The normalized spacial score (nSPS) is 11.1. The SMILES string of the molecule is CC(C)(COc1c(Br)cccc1[N+](=O)[O-])C(=O)O. The zero-order valence-electron chi connectivity index (χ0n) is 9.84. The third kappa shape index (κ3) is 3.19. The molecule has 1 aromatic rings. The summed E-state index contributed by atoms with van der Waals surface area (Å²) < 4.78 is 5.70. The minimum Gasteiger partial charge on any atom is -0.485 e. The Hall–Kier alpha value is -1.63. The minimum absolute atomic E-state index is 0.0387. The summed E-state index contributed by atoms with van der Waals surface area (Å²) in [4.78, 5) is 21.2. The molecule has 0 saturated carbocycles. The maximum Gasteiger partial charge on any atom is 0.312 e. The van der Waals surface area contributed by atoms with Gasteiger partial charge in [0.15, 0.2) is 0 Å². The van der Waals surface area contributed by atoms with Gasteiger partial charge in [0.1, 0.15) is 6.61 Å². The molecule has 0 spiro atoms. The van der Waals surface area contributed by atoms with Crippen LogP contribution in [0.25, 0.3) is 0 Å². The van der Waals surface area contributed by atoms with E-state index in [-0.39, 0.29) is 18.0 Å². The molecule has 1 N–H and O–H groups in total. The molecule has 0 unspecified atom stereocenters. The van der Waals surface area contributed by atoms with Crippen LogP contribution in [0.2, 0.25) is 0 Å². The zero-order chi connectivity index (χ0) is 13.9. The molecule has 0 radical (unpaired) electrons.